The van der Waals surface area contributed by atoms with E-state index < -0.39 is 23.0 Å². The standard InChI is InChI=1S/C31H46O7/c1-8-10-11-18-27(37-24(4)33)19-14-21-31(23(3)32,29(35)38-30(5,6)7)20-13-16-25-15-12-17-26(22-25)28(34)36-9-2/h12-13,15-17,22,27H,8-11,14,18-21H2,1-7H3. The van der Waals surface area contributed by atoms with Gasteiger partial charge in [0.25, 0.3) is 0 Å². The van der Waals surface area contributed by atoms with E-state index in [1.165, 1.54) is 13.8 Å². The monoisotopic (exact) mass is 530 g/mol. The van der Waals surface area contributed by atoms with E-state index in [2.05, 4.69) is 6.92 Å². The minimum atomic E-state index is -1.37. The summed E-state index contributed by atoms with van der Waals surface area (Å²) in [6.07, 6.45) is 8.64. The second kappa shape index (κ2) is 16.1. The molecule has 2 unspecified atom stereocenters. The Hall–Kier alpha value is -2.96. The molecule has 0 saturated heterocycles. The summed E-state index contributed by atoms with van der Waals surface area (Å²) in [5.74, 6) is -1.57. The number of ketones is 1. The van der Waals surface area contributed by atoms with Gasteiger partial charge in [-0.3, -0.25) is 14.4 Å². The number of unbranched alkanes of at least 4 members (excludes halogenated alkanes) is 2. The van der Waals surface area contributed by atoms with Gasteiger partial charge in [-0.05, 0) is 90.8 Å². The second-order valence-corrected chi connectivity index (χ2v) is 10.7. The van der Waals surface area contributed by atoms with Gasteiger partial charge in [0.2, 0.25) is 0 Å². The average molecular weight is 531 g/mol. The maximum absolute atomic E-state index is 13.4. The number of ether oxygens (including phenoxy) is 3. The van der Waals surface area contributed by atoms with E-state index in [1.807, 2.05) is 6.07 Å². The second-order valence-electron chi connectivity index (χ2n) is 10.7. The molecule has 0 spiro atoms. The molecule has 0 radical (unpaired) electrons. The van der Waals surface area contributed by atoms with Gasteiger partial charge >= 0.3 is 17.9 Å². The molecule has 0 saturated carbocycles. The van der Waals surface area contributed by atoms with Crippen molar-refractivity contribution in [3.05, 3.63) is 41.5 Å². The van der Waals surface area contributed by atoms with Crippen molar-refractivity contribution in [2.24, 2.45) is 5.41 Å². The van der Waals surface area contributed by atoms with Crippen molar-refractivity contribution in [2.45, 2.75) is 112 Å². The third-order valence-electron chi connectivity index (χ3n) is 6.23. The molecule has 0 aliphatic carbocycles. The first-order valence-electron chi connectivity index (χ1n) is 13.7. The van der Waals surface area contributed by atoms with Crippen LogP contribution in [0.3, 0.4) is 0 Å². The van der Waals surface area contributed by atoms with Crippen molar-refractivity contribution < 1.29 is 33.4 Å². The van der Waals surface area contributed by atoms with Crippen LogP contribution >= 0.6 is 0 Å². The molecule has 0 heterocycles. The lowest BCUT2D eigenvalue weighted by Gasteiger charge is -2.32. The minimum absolute atomic E-state index is 0.148. The molecule has 1 aromatic carbocycles. The predicted octanol–water partition coefficient (Wildman–Crippen LogP) is 6.87. The molecule has 1 aromatic rings. The van der Waals surface area contributed by atoms with Crippen molar-refractivity contribution in [1.29, 1.82) is 0 Å². The maximum atomic E-state index is 13.4. The number of hydrogen-bond donors (Lipinski definition) is 0. The number of Topliss-reactive ketones (excluding diaryl/α,β-unsaturated/α-hetero) is 1. The van der Waals surface area contributed by atoms with Crippen LogP contribution in [-0.2, 0) is 28.6 Å². The SMILES string of the molecule is CCCCCC(CCCC(CC=Cc1cccc(C(=O)OCC)c1)(C(C)=O)C(=O)OC(C)(C)C)OC(C)=O. The van der Waals surface area contributed by atoms with Gasteiger partial charge in [0.15, 0.2) is 0 Å². The van der Waals surface area contributed by atoms with Gasteiger partial charge in [-0.2, -0.15) is 0 Å². The lowest BCUT2D eigenvalue weighted by molar-refractivity contribution is -0.171. The van der Waals surface area contributed by atoms with E-state index in [9.17, 15) is 19.2 Å². The van der Waals surface area contributed by atoms with Crippen LogP contribution in [0.15, 0.2) is 30.3 Å². The van der Waals surface area contributed by atoms with Gasteiger partial charge < -0.3 is 14.2 Å². The molecule has 0 aliphatic rings. The summed E-state index contributed by atoms with van der Waals surface area (Å²) in [7, 11) is 0. The number of esters is 3. The van der Waals surface area contributed by atoms with Crippen LogP contribution < -0.4 is 0 Å². The highest BCUT2D eigenvalue weighted by Crippen LogP contribution is 2.35. The number of benzene rings is 1. The Labute approximate surface area is 228 Å². The van der Waals surface area contributed by atoms with Crippen molar-refractivity contribution in [2.75, 3.05) is 6.61 Å². The smallest absolute Gasteiger partial charge is 0.338 e. The molecular formula is C31H46O7. The van der Waals surface area contributed by atoms with E-state index in [4.69, 9.17) is 14.2 Å². The van der Waals surface area contributed by atoms with Crippen molar-refractivity contribution in [3.8, 4) is 0 Å². The lowest BCUT2D eigenvalue weighted by Crippen LogP contribution is -2.42. The fraction of sp³-hybridized carbons (Fsp3) is 0.613. The molecule has 212 valence electrons. The molecule has 0 bridgehead atoms. The Balaban J connectivity index is 3.15. The quantitative estimate of drug-likeness (QED) is 0.0996. The molecule has 7 nitrogen and oxygen atoms in total. The highest BCUT2D eigenvalue weighted by atomic mass is 16.6. The van der Waals surface area contributed by atoms with Gasteiger partial charge in [-0.1, -0.05) is 44.1 Å². The molecule has 2 atom stereocenters. The summed E-state index contributed by atoms with van der Waals surface area (Å²) in [5.41, 5.74) is -0.940. The van der Waals surface area contributed by atoms with E-state index in [0.717, 1.165) is 31.2 Å². The first-order chi connectivity index (χ1) is 17.8. The van der Waals surface area contributed by atoms with Crippen LogP contribution in [0.4, 0.5) is 0 Å². The van der Waals surface area contributed by atoms with E-state index in [-0.39, 0.29) is 37.3 Å². The van der Waals surface area contributed by atoms with Crippen LogP contribution in [0, 0.1) is 5.41 Å². The van der Waals surface area contributed by atoms with Crippen molar-refractivity contribution >= 4 is 29.8 Å². The molecule has 0 amide bonds. The zero-order chi connectivity index (χ0) is 28.8. The van der Waals surface area contributed by atoms with Crippen molar-refractivity contribution in [3.63, 3.8) is 0 Å². The average Bonchev–Trinajstić information content (AvgIpc) is 2.81. The summed E-state index contributed by atoms with van der Waals surface area (Å²) >= 11 is 0. The Kier molecular flexibility index (Phi) is 14.0. The molecule has 0 fully saturated rings. The summed E-state index contributed by atoms with van der Waals surface area (Å²) in [4.78, 5) is 50.1. The van der Waals surface area contributed by atoms with E-state index >= 15 is 0 Å². The fourth-order valence-corrected chi connectivity index (χ4v) is 4.26. The summed E-state index contributed by atoms with van der Waals surface area (Å²) < 4.78 is 16.3. The molecular weight excluding hydrogens is 484 g/mol. The predicted molar refractivity (Wildman–Crippen MR) is 149 cm³/mol. The third kappa shape index (κ3) is 11.6. The Morgan fingerprint density at radius 3 is 2.24 bits per heavy atom. The van der Waals surface area contributed by atoms with Crippen molar-refractivity contribution in [1.82, 2.24) is 0 Å². The van der Waals surface area contributed by atoms with Crippen LogP contribution in [0.5, 0.6) is 0 Å². The molecule has 1 rings (SSSR count). The van der Waals surface area contributed by atoms with Gasteiger partial charge in [0.1, 0.15) is 22.9 Å². The first-order valence-corrected chi connectivity index (χ1v) is 13.7. The van der Waals surface area contributed by atoms with Gasteiger partial charge in [0, 0.05) is 6.92 Å². The summed E-state index contributed by atoms with van der Waals surface area (Å²) in [6.45, 7) is 12.3. The van der Waals surface area contributed by atoms with Crippen LogP contribution in [-0.4, -0.2) is 42.0 Å². The normalized spacial score (nSPS) is 14.0. The topological polar surface area (TPSA) is 96.0 Å². The van der Waals surface area contributed by atoms with Gasteiger partial charge in [-0.15, -0.1) is 0 Å². The number of hydrogen-bond acceptors (Lipinski definition) is 7. The first kappa shape index (κ1) is 33.1. The van der Waals surface area contributed by atoms with Gasteiger partial charge in [-0.25, -0.2) is 4.79 Å². The number of rotatable bonds is 16. The van der Waals surface area contributed by atoms with Crippen LogP contribution in [0.1, 0.15) is 116 Å². The molecule has 0 N–H and O–H groups in total. The van der Waals surface area contributed by atoms with Crippen LogP contribution in [0.2, 0.25) is 0 Å². The maximum Gasteiger partial charge on any atom is 0.338 e. The molecule has 0 aromatic heterocycles. The van der Waals surface area contributed by atoms with Gasteiger partial charge in [0.05, 0.1) is 12.2 Å². The zero-order valence-electron chi connectivity index (χ0n) is 24.3. The summed E-state index contributed by atoms with van der Waals surface area (Å²) in [5, 5.41) is 0. The highest BCUT2D eigenvalue weighted by Gasteiger charge is 2.44. The number of carbonyl (C=O) groups is 4. The van der Waals surface area contributed by atoms with E-state index in [0.29, 0.717) is 18.4 Å². The number of carbonyl (C=O) groups excluding carboxylic acids is 4. The fourth-order valence-electron chi connectivity index (χ4n) is 4.26. The van der Waals surface area contributed by atoms with E-state index in [1.54, 1.807) is 58.0 Å². The highest BCUT2D eigenvalue weighted by molar-refractivity contribution is 6.03. The Bertz CT molecular complexity index is 957. The largest absolute Gasteiger partial charge is 0.463 e. The molecule has 0 aliphatic heterocycles. The molecule has 7 heteroatoms. The minimum Gasteiger partial charge on any atom is -0.463 e. The zero-order valence-corrected chi connectivity index (χ0v) is 24.3. The Morgan fingerprint density at radius 1 is 0.974 bits per heavy atom. The van der Waals surface area contributed by atoms with Crippen LogP contribution in [0.25, 0.3) is 6.08 Å². The number of allylic oxidation sites excluding steroid dienone is 1. The third-order valence-corrected chi connectivity index (χ3v) is 6.23. The summed E-state index contributed by atoms with van der Waals surface area (Å²) in [6, 6.07) is 6.97. The lowest BCUT2D eigenvalue weighted by atomic mass is 9.75. The molecule has 38 heavy (non-hydrogen) atoms. The Morgan fingerprint density at radius 2 is 1.66 bits per heavy atom.